The van der Waals surface area contributed by atoms with Crippen molar-refractivity contribution in [2.75, 3.05) is 11.9 Å². The smallest absolute Gasteiger partial charge is 0.225 e. The van der Waals surface area contributed by atoms with Crippen LogP contribution >= 0.6 is 27.5 Å². The average Bonchev–Trinajstić information content (AvgIpc) is 2.10. The summed E-state index contributed by atoms with van der Waals surface area (Å²) in [6.45, 7) is 0.344. The van der Waals surface area contributed by atoms with E-state index in [0.29, 0.717) is 23.7 Å². The van der Waals surface area contributed by atoms with E-state index in [2.05, 4.69) is 21.2 Å². The van der Waals surface area contributed by atoms with Gasteiger partial charge in [0.25, 0.3) is 0 Å². The first-order chi connectivity index (χ1) is 6.63. The summed E-state index contributed by atoms with van der Waals surface area (Å²) in [7, 11) is 0. The molecular weight excluding hydrogens is 267 g/mol. The van der Waals surface area contributed by atoms with Gasteiger partial charge in [0.2, 0.25) is 5.91 Å². The van der Waals surface area contributed by atoms with Gasteiger partial charge in [-0.15, -0.1) is 0 Å². The lowest BCUT2D eigenvalue weighted by Gasteiger charge is -2.06. The molecule has 1 amide bonds. The van der Waals surface area contributed by atoms with Gasteiger partial charge in [0.15, 0.2) is 0 Å². The number of hydrogen-bond acceptors (Lipinski definition) is 2. The lowest BCUT2D eigenvalue weighted by atomic mass is 10.3. The van der Waals surface area contributed by atoms with Gasteiger partial charge in [-0.3, -0.25) is 4.79 Å². The summed E-state index contributed by atoms with van der Waals surface area (Å²) in [5.41, 5.74) is 5.95. The highest BCUT2D eigenvalue weighted by atomic mass is 79.9. The van der Waals surface area contributed by atoms with Crippen LogP contribution in [0.5, 0.6) is 0 Å². The third-order valence-electron chi connectivity index (χ3n) is 1.58. The molecule has 0 aromatic heterocycles. The summed E-state index contributed by atoms with van der Waals surface area (Å²) in [5.74, 6) is -0.101. The number of carbonyl (C=O) groups excluding carboxylic acids is 1. The summed E-state index contributed by atoms with van der Waals surface area (Å²) in [4.78, 5) is 11.2. The van der Waals surface area contributed by atoms with Gasteiger partial charge >= 0.3 is 0 Å². The Kier molecular flexibility index (Phi) is 4.38. The van der Waals surface area contributed by atoms with Crippen molar-refractivity contribution in [1.82, 2.24) is 0 Å². The second kappa shape index (κ2) is 5.34. The highest BCUT2D eigenvalue weighted by Gasteiger charge is 2.04. The van der Waals surface area contributed by atoms with Gasteiger partial charge < -0.3 is 11.1 Å². The Balaban J connectivity index is 2.72. The summed E-state index contributed by atoms with van der Waals surface area (Å²) >= 11 is 9.05. The van der Waals surface area contributed by atoms with Crippen molar-refractivity contribution in [2.45, 2.75) is 6.42 Å². The topological polar surface area (TPSA) is 55.1 Å². The minimum absolute atomic E-state index is 0.101. The summed E-state index contributed by atoms with van der Waals surface area (Å²) in [5, 5.41) is 3.33. The normalized spacial score (nSPS) is 9.93. The fourth-order valence-electron chi connectivity index (χ4n) is 0.935. The molecule has 0 aliphatic heterocycles. The van der Waals surface area contributed by atoms with Crippen molar-refractivity contribution in [2.24, 2.45) is 5.73 Å². The Morgan fingerprint density at radius 1 is 1.57 bits per heavy atom. The molecule has 5 heteroatoms. The number of carbonyl (C=O) groups is 1. The summed E-state index contributed by atoms with van der Waals surface area (Å²) < 4.78 is 0.760. The van der Waals surface area contributed by atoms with Crippen LogP contribution in [-0.4, -0.2) is 12.5 Å². The number of hydrogen-bond donors (Lipinski definition) is 2. The molecule has 14 heavy (non-hydrogen) atoms. The first kappa shape index (κ1) is 11.5. The second-order valence-corrected chi connectivity index (χ2v) is 4.00. The van der Waals surface area contributed by atoms with E-state index in [9.17, 15) is 4.79 Å². The van der Waals surface area contributed by atoms with Crippen LogP contribution in [0.1, 0.15) is 6.42 Å². The molecule has 1 aromatic carbocycles. The predicted molar refractivity (Wildman–Crippen MR) is 61.5 cm³/mol. The van der Waals surface area contributed by atoms with Crippen molar-refractivity contribution in [3.05, 3.63) is 27.7 Å². The van der Waals surface area contributed by atoms with Crippen molar-refractivity contribution in [3.8, 4) is 0 Å². The first-order valence-corrected chi connectivity index (χ1v) is 5.25. The maximum absolute atomic E-state index is 11.2. The molecule has 0 heterocycles. The van der Waals surface area contributed by atoms with E-state index in [-0.39, 0.29) is 5.91 Å². The van der Waals surface area contributed by atoms with Gasteiger partial charge in [0.05, 0.1) is 5.69 Å². The molecule has 1 aromatic rings. The number of halogens is 2. The highest BCUT2D eigenvalue weighted by Crippen LogP contribution is 2.25. The Morgan fingerprint density at radius 3 is 2.86 bits per heavy atom. The molecule has 0 aliphatic carbocycles. The van der Waals surface area contributed by atoms with Crippen LogP contribution in [0.4, 0.5) is 5.69 Å². The molecule has 76 valence electrons. The third kappa shape index (κ3) is 3.29. The molecule has 0 unspecified atom stereocenters. The van der Waals surface area contributed by atoms with E-state index in [1.807, 2.05) is 0 Å². The lowest BCUT2D eigenvalue weighted by molar-refractivity contribution is -0.116. The van der Waals surface area contributed by atoms with Gasteiger partial charge in [-0.1, -0.05) is 11.6 Å². The van der Waals surface area contributed by atoms with Crippen molar-refractivity contribution in [1.29, 1.82) is 0 Å². The molecule has 3 N–H and O–H groups in total. The molecule has 0 saturated carbocycles. The summed E-state index contributed by atoms with van der Waals surface area (Å²) in [6.07, 6.45) is 0.315. The van der Waals surface area contributed by atoms with Crippen molar-refractivity contribution >= 4 is 39.1 Å². The largest absolute Gasteiger partial charge is 0.330 e. The van der Waals surface area contributed by atoms with E-state index < -0.39 is 0 Å². The Bertz CT molecular complexity index is 344. The standard InChI is InChI=1S/C9H10BrClN2O/c10-7-5-6(11)1-2-8(7)13-9(14)3-4-12/h1-2,5H,3-4,12H2,(H,13,14). The molecule has 0 saturated heterocycles. The van der Waals surface area contributed by atoms with Gasteiger partial charge in [-0.25, -0.2) is 0 Å². The van der Waals surface area contributed by atoms with Gasteiger partial charge in [0, 0.05) is 22.5 Å². The first-order valence-electron chi connectivity index (χ1n) is 4.08. The lowest BCUT2D eigenvalue weighted by Crippen LogP contribution is -2.16. The Hall–Kier alpha value is -0.580. The van der Waals surface area contributed by atoms with E-state index in [4.69, 9.17) is 17.3 Å². The molecule has 0 aliphatic rings. The quantitative estimate of drug-likeness (QED) is 0.891. The molecule has 0 fully saturated rings. The van der Waals surface area contributed by atoms with Crippen LogP contribution < -0.4 is 11.1 Å². The van der Waals surface area contributed by atoms with Crippen LogP contribution in [0.15, 0.2) is 22.7 Å². The molecular formula is C9H10BrClN2O. The SMILES string of the molecule is NCCC(=O)Nc1ccc(Cl)cc1Br. The van der Waals surface area contributed by atoms with Gasteiger partial charge in [-0.05, 0) is 34.1 Å². The third-order valence-corrected chi connectivity index (χ3v) is 2.47. The zero-order valence-corrected chi connectivity index (χ0v) is 9.73. The Labute approximate surface area is 95.7 Å². The van der Waals surface area contributed by atoms with Crippen molar-refractivity contribution < 1.29 is 4.79 Å². The molecule has 0 radical (unpaired) electrons. The minimum Gasteiger partial charge on any atom is -0.330 e. The molecule has 0 atom stereocenters. The second-order valence-electron chi connectivity index (χ2n) is 2.71. The van der Waals surface area contributed by atoms with E-state index in [1.54, 1.807) is 18.2 Å². The van der Waals surface area contributed by atoms with E-state index >= 15 is 0 Å². The molecule has 3 nitrogen and oxygen atoms in total. The number of benzene rings is 1. The molecule has 0 bridgehead atoms. The van der Waals surface area contributed by atoms with Crippen LogP contribution in [0, 0.1) is 0 Å². The van der Waals surface area contributed by atoms with E-state index in [0.717, 1.165) is 4.47 Å². The van der Waals surface area contributed by atoms with Crippen molar-refractivity contribution in [3.63, 3.8) is 0 Å². The number of anilines is 1. The maximum atomic E-state index is 11.2. The van der Waals surface area contributed by atoms with Crippen LogP contribution in [0.25, 0.3) is 0 Å². The molecule has 1 rings (SSSR count). The zero-order valence-electron chi connectivity index (χ0n) is 7.39. The number of rotatable bonds is 3. The fraction of sp³-hybridized carbons (Fsp3) is 0.222. The highest BCUT2D eigenvalue weighted by molar-refractivity contribution is 9.10. The Morgan fingerprint density at radius 2 is 2.29 bits per heavy atom. The van der Waals surface area contributed by atoms with Gasteiger partial charge in [0.1, 0.15) is 0 Å². The molecule has 0 spiro atoms. The fourth-order valence-corrected chi connectivity index (χ4v) is 1.72. The monoisotopic (exact) mass is 276 g/mol. The van der Waals surface area contributed by atoms with Crippen LogP contribution in [0.3, 0.4) is 0 Å². The van der Waals surface area contributed by atoms with E-state index in [1.165, 1.54) is 0 Å². The number of nitrogens with two attached hydrogens (primary N) is 1. The van der Waals surface area contributed by atoms with Gasteiger partial charge in [-0.2, -0.15) is 0 Å². The summed E-state index contributed by atoms with van der Waals surface area (Å²) in [6, 6.07) is 5.17. The number of nitrogens with one attached hydrogen (secondary N) is 1. The van der Waals surface area contributed by atoms with Crippen LogP contribution in [0.2, 0.25) is 5.02 Å². The predicted octanol–water partition coefficient (Wildman–Crippen LogP) is 2.39. The minimum atomic E-state index is -0.101. The maximum Gasteiger partial charge on any atom is 0.225 e. The number of amides is 1. The zero-order chi connectivity index (χ0) is 10.6. The average molecular weight is 278 g/mol. The van der Waals surface area contributed by atoms with Crippen LogP contribution in [-0.2, 0) is 4.79 Å².